The fraction of sp³-hybridized carbons (Fsp3) is 0.615. The molecule has 2 heterocycles. The van der Waals surface area contributed by atoms with Gasteiger partial charge in [-0.1, -0.05) is 0 Å². The number of hydrogen-bond acceptors (Lipinski definition) is 2. The fourth-order valence-corrected chi connectivity index (χ4v) is 2.55. The number of nitrogens with two attached hydrogens (primary N) is 1. The van der Waals surface area contributed by atoms with Crippen LogP contribution in [0.3, 0.4) is 0 Å². The highest BCUT2D eigenvalue weighted by molar-refractivity contribution is 5.77. The molecule has 1 aromatic rings. The van der Waals surface area contributed by atoms with Crippen molar-refractivity contribution in [2.75, 3.05) is 6.54 Å². The van der Waals surface area contributed by atoms with Crippen LogP contribution in [0, 0.1) is 6.92 Å². The van der Waals surface area contributed by atoms with Crippen LogP contribution in [0.5, 0.6) is 0 Å². The van der Waals surface area contributed by atoms with E-state index in [1.807, 2.05) is 11.8 Å². The molecule has 17 heavy (non-hydrogen) atoms. The molecule has 0 fully saturated rings. The zero-order valence-electron chi connectivity index (χ0n) is 10.8. The summed E-state index contributed by atoms with van der Waals surface area (Å²) in [7, 11) is 0. The summed E-state index contributed by atoms with van der Waals surface area (Å²) in [6, 6.07) is 4.32. The van der Waals surface area contributed by atoms with E-state index >= 15 is 0 Å². The number of nitrogens with zero attached hydrogens (tertiary/aromatic N) is 2. The summed E-state index contributed by atoms with van der Waals surface area (Å²) in [5.74, 6) is 0.164. The number of carbonyl (C=O) groups excluding carboxylic acids is 1. The number of hydrogen-bond donors (Lipinski definition) is 1. The topological polar surface area (TPSA) is 51.3 Å². The van der Waals surface area contributed by atoms with Crippen molar-refractivity contribution in [2.24, 2.45) is 5.73 Å². The van der Waals surface area contributed by atoms with Crippen LogP contribution in [0.2, 0.25) is 0 Å². The first-order valence-electron chi connectivity index (χ1n) is 6.21. The number of aromatic nitrogens is 1. The van der Waals surface area contributed by atoms with Gasteiger partial charge >= 0.3 is 0 Å². The molecule has 0 spiro atoms. The summed E-state index contributed by atoms with van der Waals surface area (Å²) in [6.45, 7) is 7.75. The van der Waals surface area contributed by atoms with E-state index in [2.05, 4.69) is 30.5 Å². The molecule has 1 aliphatic heterocycles. The van der Waals surface area contributed by atoms with E-state index in [1.165, 1.54) is 11.4 Å². The lowest BCUT2D eigenvalue weighted by atomic mass is 10.1. The van der Waals surface area contributed by atoms with Gasteiger partial charge in [-0.05, 0) is 32.9 Å². The highest BCUT2D eigenvalue weighted by atomic mass is 16.2. The van der Waals surface area contributed by atoms with Gasteiger partial charge in [-0.15, -0.1) is 0 Å². The zero-order valence-corrected chi connectivity index (χ0v) is 10.8. The van der Waals surface area contributed by atoms with Crippen LogP contribution in [0.1, 0.15) is 37.7 Å². The Morgan fingerprint density at radius 3 is 2.88 bits per heavy atom. The Hall–Kier alpha value is -1.29. The second-order valence-corrected chi connectivity index (χ2v) is 5.00. The number of fused-ring (bicyclic) bond motifs is 1. The van der Waals surface area contributed by atoms with E-state index in [-0.39, 0.29) is 18.0 Å². The van der Waals surface area contributed by atoms with E-state index in [9.17, 15) is 4.79 Å². The molecular weight excluding hydrogens is 214 g/mol. The fourth-order valence-electron chi connectivity index (χ4n) is 2.55. The smallest absolute Gasteiger partial charge is 0.224 e. The lowest BCUT2D eigenvalue weighted by Gasteiger charge is -2.36. The minimum absolute atomic E-state index is 0.0647. The maximum atomic E-state index is 12.1. The molecule has 0 bridgehead atoms. The van der Waals surface area contributed by atoms with Gasteiger partial charge in [0, 0.05) is 36.9 Å². The molecule has 0 saturated heterocycles. The third kappa shape index (κ3) is 2.22. The van der Waals surface area contributed by atoms with Gasteiger partial charge in [-0.25, -0.2) is 0 Å². The third-order valence-corrected chi connectivity index (χ3v) is 3.51. The van der Waals surface area contributed by atoms with Crippen LogP contribution in [-0.4, -0.2) is 28.0 Å². The zero-order chi connectivity index (χ0) is 12.6. The van der Waals surface area contributed by atoms with Gasteiger partial charge in [0.25, 0.3) is 0 Å². The monoisotopic (exact) mass is 235 g/mol. The molecule has 2 rings (SSSR count). The molecule has 0 radical (unpaired) electrons. The first-order chi connectivity index (χ1) is 8.00. The van der Waals surface area contributed by atoms with Crippen LogP contribution in [0.4, 0.5) is 0 Å². The maximum absolute atomic E-state index is 12.1. The molecule has 2 atom stereocenters. The van der Waals surface area contributed by atoms with Crippen molar-refractivity contribution in [3.05, 3.63) is 23.5 Å². The van der Waals surface area contributed by atoms with Gasteiger partial charge in [0.1, 0.15) is 0 Å². The number of carbonyl (C=O) groups is 1. The molecule has 0 aliphatic carbocycles. The van der Waals surface area contributed by atoms with Crippen molar-refractivity contribution in [2.45, 2.75) is 45.8 Å². The van der Waals surface area contributed by atoms with Crippen LogP contribution >= 0.6 is 0 Å². The molecule has 2 N–H and O–H groups in total. The lowest BCUT2D eigenvalue weighted by Crippen LogP contribution is -2.42. The summed E-state index contributed by atoms with van der Waals surface area (Å²) in [4.78, 5) is 14.0. The van der Waals surface area contributed by atoms with E-state index in [4.69, 9.17) is 5.73 Å². The van der Waals surface area contributed by atoms with E-state index in [0.717, 1.165) is 13.1 Å². The van der Waals surface area contributed by atoms with E-state index in [1.54, 1.807) is 0 Å². The molecule has 4 nitrogen and oxygen atoms in total. The molecule has 2 unspecified atom stereocenters. The number of aryl methyl sites for hydroxylation is 1. The molecule has 94 valence electrons. The quantitative estimate of drug-likeness (QED) is 0.843. The Bertz CT molecular complexity index is 422. The third-order valence-electron chi connectivity index (χ3n) is 3.51. The van der Waals surface area contributed by atoms with Gasteiger partial charge in [0.2, 0.25) is 5.91 Å². The van der Waals surface area contributed by atoms with Crippen molar-refractivity contribution in [1.29, 1.82) is 0 Å². The van der Waals surface area contributed by atoms with Crippen molar-refractivity contribution in [3.63, 3.8) is 0 Å². The Morgan fingerprint density at radius 1 is 1.53 bits per heavy atom. The first kappa shape index (κ1) is 12.2. The Labute approximate surface area is 102 Å². The van der Waals surface area contributed by atoms with Gasteiger partial charge in [0.15, 0.2) is 0 Å². The highest BCUT2D eigenvalue weighted by Crippen LogP contribution is 2.27. The second kappa shape index (κ2) is 4.53. The lowest BCUT2D eigenvalue weighted by molar-refractivity contribution is -0.134. The van der Waals surface area contributed by atoms with E-state index in [0.29, 0.717) is 6.42 Å². The van der Waals surface area contributed by atoms with Crippen LogP contribution < -0.4 is 5.73 Å². The molecule has 1 amide bonds. The maximum Gasteiger partial charge on any atom is 0.224 e. The van der Waals surface area contributed by atoms with Gasteiger partial charge in [-0.2, -0.15) is 0 Å². The Kier molecular flexibility index (Phi) is 3.24. The van der Waals surface area contributed by atoms with Crippen molar-refractivity contribution < 1.29 is 4.79 Å². The normalized spacial score (nSPS) is 21.2. The standard InChI is InChI=1S/C13H21N3O/c1-9(14)8-13(17)16-7-6-15-10(2)4-5-12(15)11(16)3/h4-5,9,11H,6-8,14H2,1-3H3. The minimum atomic E-state index is -0.0647. The molecule has 1 aliphatic rings. The number of amides is 1. The van der Waals surface area contributed by atoms with Gasteiger partial charge in [0.05, 0.1) is 6.04 Å². The summed E-state index contributed by atoms with van der Waals surface area (Å²) >= 11 is 0. The Morgan fingerprint density at radius 2 is 2.24 bits per heavy atom. The van der Waals surface area contributed by atoms with Crippen molar-refractivity contribution in [3.8, 4) is 0 Å². The summed E-state index contributed by atoms with van der Waals surface area (Å²) < 4.78 is 2.29. The summed E-state index contributed by atoms with van der Waals surface area (Å²) in [5.41, 5.74) is 8.19. The molecule has 4 heteroatoms. The number of rotatable bonds is 2. The summed E-state index contributed by atoms with van der Waals surface area (Å²) in [6.07, 6.45) is 0.435. The van der Waals surface area contributed by atoms with Crippen molar-refractivity contribution >= 4 is 5.91 Å². The largest absolute Gasteiger partial charge is 0.345 e. The van der Waals surface area contributed by atoms with Gasteiger partial charge < -0.3 is 15.2 Å². The highest BCUT2D eigenvalue weighted by Gasteiger charge is 2.28. The predicted molar refractivity (Wildman–Crippen MR) is 67.6 cm³/mol. The van der Waals surface area contributed by atoms with Gasteiger partial charge in [-0.3, -0.25) is 4.79 Å². The SMILES string of the molecule is Cc1ccc2n1CCN(C(=O)CC(C)N)C2C. The van der Waals surface area contributed by atoms with E-state index < -0.39 is 0 Å². The predicted octanol–water partition coefficient (Wildman–Crippen LogP) is 1.44. The van der Waals surface area contributed by atoms with Crippen LogP contribution in [0.15, 0.2) is 12.1 Å². The van der Waals surface area contributed by atoms with Crippen LogP contribution in [-0.2, 0) is 11.3 Å². The average Bonchev–Trinajstić information content (AvgIpc) is 2.61. The molecule has 0 aromatic carbocycles. The molecule has 0 saturated carbocycles. The minimum Gasteiger partial charge on any atom is -0.345 e. The van der Waals surface area contributed by atoms with Crippen LogP contribution in [0.25, 0.3) is 0 Å². The second-order valence-electron chi connectivity index (χ2n) is 5.00. The summed E-state index contributed by atoms with van der Waals surface area (Å²) in [5, 5.41) is 0. The molecular formula is C13H21N3O. The first-order valence-corrected chi connectivity index (χ1v) is 6.21. The van der Waals surface area contributed by atoms with Crippen molar-refractivity contribution in [1.82, 2.24) is 9.47 Å². The Balaban J connectivity index is 2.17. The average molecular weight is 235 g/mol. The molecule has 1 aromatic heterocycles.